The molecule has 0 bridgehead atoms. The minimum atomic E-state index is 0.179. The highest BCUT2D eigenvalue weighted by Gasteiger charge is 2.28. The molecule has 0 aliphatic carbocycles. The molecule has 0 spiro atoms. The fraction of sp³-hybridized carbons (Fsp3) is 0.538. The van der Waals surface area contributed by atoms with Crippen molar-refractivity contribution in [3.8, 4) is 10.7 Å². The van der Waals surface area contributed by atoms with Crippen molar-refractivity contribution < 1.29 is 0 Å². The topological polar surface area (TPSA) is 70.8 Å². The van der Waals surface area contributed by atoms with Crippen LogP contribution in [0.25, 0.3) is 10.7 Å². The van der Waals surface area contributed by atoms with Crippen LogP contribution in [-0.4, -0.2) is 33.8 Å². The molecule has 0 radical (unpaired) electrons. The summed E-state index contributed by atoms with van der Waals surface area (Å²) in [4.78, 5) is 7.70. The average Bonchev–Trinajstić information content (AvgIpc) is 3.02. The molecule has 2 aromatic rings. The zero-order valence-corrected chi connectivity index (χ0v) is 13.1. The monoisotopic (exact) mass is 311 g/mol. The van der Waals surface area contributed by atoms with E-state index in [0.717, 1.165) is 40.7 Å². The quantitative estimate of drug-likeness (QED) is 0.894. The standard InChI is InChI=1S/C13H18ClN5S/c1-7-6-20-11(10(7)14)12-16-13(18-17-12)19-5-3-4-9(15)8(19)2/h6,8-9H,3-5,15H2,1-2H3,(H,16,17,18). The number of nitrogens with two attached hydrogens (primary N) is 1. The molecule has 108 valence electrons. The Hall–Kier alpha value is -1.11. The fourth-order valence-electron chi connectivity index (χ4n) is 2.53. The van der Waals surface area contributed by atoms with Gasteiger partial charge in [-0.25, -0.2) is 0 Å². The first-order chi connectivity index (χ1) is 9.58. The third kappa shape index (κ3) is 2.32. The summed E-state index contributed by atoms with van der Waals surface area (Å²) < 4.78 is 0. The van der Waals surface area contributed by atoms with Gasteiger partial charge in [-0.05, 0) is 37.6 Å². The summed E-state index contributed by atoms with van der Waals surface area (Å²) >= 11 is 7.86. The van der Waals surface area contributed by atoms with Crippen LogP contribution in [0.1, 0.15) is 25.3 Å². The third-order valence-corrected chi connectivity index (χ3v) is 5.60. The zero-order chi connectivity index (χ0) is 14.3. The molecular formula is C13H18ClN5S. The number of H-pyrrole nitrogens is 1. The number of anilines is 1. The number of halogens is 1. The second kappa shape index (κ2) is 5.35. The van der Waals surface area contributed by atoms with Gasteiger partial charge in [0.1, 0.15) is 0 Å². The van der Waals surface area contributed by atoms with Gasteiger partial charge in [0, 0.05) is 18.6 Å². The first-order valence-corrected chi connectivity index (χ1v) is 8.02. The Balaban J connectivity index is 1.88. The third-order valence-electron chi connectivity index (χ3n) is 3.89. The van der Waals surface area contributed by atoms with Crippen LogP contribution in [0.4, 0.5) is 5.95 Å². The zero-order valence-electron chi connectivity index (χ0n) is 11.6. The van der Waals surface area contributed by atoms with Crippen LogP contribution in [0.15, 0.2) is 5.38 Å². The predicted octanol–water partition coefficient (Wildman–Crippen LogP) is 2.81. The van der Waals surface area contributed by atoms with E-state index in [1.165, 1.54) is 0 Å². The van der Waals surface area contributed by atoms with Gasteiger partial charge >= 0.3 is 0 Å². The van der Waals surface area contributed by atoms with Crippen molar-refractivity contribution in [1.29, 1.82) is 0 Å². The molecule has 2 unspecified atom stereocenters. The Labute approximate surface area is 127 Å². The van der Waals surface area contributed by atoms with E-state index in [9.17, 15) is 0 Å². The fourth-order valence-corrected chi connectivity index (χ4v) is 3.75. The summed E-state index contributed by atoms with van der Waals surface area (Å²) in [6.45, 7) is 5.07. The number of rotatable bonds is 2. The molecule has 3 rings (SSSR count). The van der Waals surface area contributed by atoms with Crippen LogP contribution in [-0.2, 0) is 0 Å². The van der Waals surface area contributed by atoms with Gasteiger partial charge in [-0.15, -0.1) is 16.4 Å². The lowest BCUT2D eigenvalue weighted by molar-refractivity contribution is 0.416. The summed E-state index contributed by atoms with van der Waals surface area (Å²) in [5.74, 6) is 1.44. The SMILES string of the molecule is Cc1csc(-c2nc(N3CCCC(N)C3C)n[nH]2)c1Cl. The van der Waals surface area contributed by atoms with Gasteiger partial charge in [-0.3, -0.25) is 5.10 Å². The summed E-state index contributed by atoms with van der Waals surface area (Å²) in [6, 6.07) is 0.436. The van der Waals surface area contributed by atoms with Crippen molar-refractivity contribution >= 4 is 28.9 Å². The van der Waals surface area contributed by atoms with Crippen molar-refractivity contribution in [2.45, 2.75) is 38.8 Å². The van der Waals surface area contributed by atoms with Crippen LogP contribution in [0.2, 0.25) is 5.02 Å². The summed E-state index contributed by atoms with van der Waals surface area (Å²) in [7, 11) is 0. The van der Waals surface area contributed by atoms with E-state index in [0.29, 0.717) is 5.95 Å². The minimum Gasteiger partial charge on any atom is -0.335 e. The van der Waals surface area contributed by atoms with Gasteiger partial charge < -0.3 is 10.6 Å². The Morgan fingerprint density at radius 3 is 3.05 bits per heavy atom. The smallest absolute Gasteiger partial charge is 0.245 e. The molecule has 1 aliphatic heterocycles. The molecule has 1 fully saturated rings. The van der Waals surface area contributed by atoms with E-state index >= 15 is 0 Å². The normalized spacial score (nSPS) is 23.3. The molecule has 20 heavy (non-hydrogen) atoms. The van der Waals surface area contributed by atoms with Crippen molar-refractivity contribution in [1.82, 2.24) is 15.2 Å². The highest BCUT2D eigenvalue weighted by Crippen LogP contribution is 2.35. The molecule has 0 aromatic carbocycles. The second-order valence-corrected chi connectivity index (χ2v) is 6.54. The van der Waals surface area contributed by atoms with Gasteiger partial charge in [-0.2, -0.15) is 4.98 Å². The average molecular weight is 312 g/mol. The van der Waals surface area contributed by atoms with E-state index < -0.39 is 0 Å². The van der Waals surface area contributed by atoms with Crippen molar-refractivity contribution in [2.75, 3.05) is 11.4 Å². The molecule has 2 atom stereocenters. The lowest BCUT2D eigenvalue weighted by Gasteiger charge is -2.36. The maximum atomic E-state index is 6.28. The number of nitrogens with zero attached hydrogens (tertiary/aromatic N) is 3. The van der Waals surface area contributed by atoms with Crippen LogP contribution in [0.3, 0.4) is 0 Å². The molecule has 5 nitrogen and oxygen atoms in total. The summed E-state index contributed by atoms with van der Waals surface area (Å²) in [5, 5.41) is 10.1. The van der Waals surface area contributed by atoms with Crippen LogP contribution >= 0.6 is 22.9 Å². The van der Waals surface area contributed by atoms with E-state index in [1.54, 1.807) is 11.3 Å². The number of piperidine rings is 1. The van der Waals surface area contributed by atoms with Gasteiger partial charge in [0.25, 0.3) is 0 Å². The Bertz CT molecular complexity index is 608. The molecule has 2 aromatic heterocycles. The van der Waals surface area contributed by atoms with Crippen molar-refractivity contribution in [3.05, 3.63) is 16.0 Å². The van der Waals surface area contributed by atoms with Gasteiger partial charge in [0.2, 0.25) is 5.95 Å². The number of nitrogens with one attached hydrogen (secondary N) is 1. The molecule has 0 saturated carbocycles. The van der Waals surface area contributed by atoms with E-state index in [1.807, 2.05) is 12.3 Å². The first kappa shape index (κ1) is 13.9. The van der Waals surface area contributed by atoms with Gasteiger partial charge in [0.15, 0.2) is 5.82 Å². The number of thiophene rings is 1. The molecule has 1 saturated heterocycles. The molecule has 1 aliphatic rings. The largest absolute Gasteiger partial charge is 0.335 e. The molecular weight excluding hydrogens is 294 g/mol. The van der Waals surface area contributed by atoms with Gasteiger partial charge in [0.05, 0.1) is 9.90 Å². The van der Waals surface area contributed by atoms with E-state index in [4.69, 9.17) is 17.3 Å². The van der Waals surface area contributed by atoms with Crippen molar-refractivity contribution in [2.24, 2.45) is 5.73 Å². The predicted molar refractivity (Wildman–Crippen MR) is 83.5 cm³/mol. The van der Waals surface area contributed by atoms with Gasteiger partial charge in [-0.1, -0.05) is 11.6 Å². The number of aromatic amines is 1. The maximum Gasteiger partial charge on any atom is 0.245 e. The Morgan fingerprint density at radius 1 is 1.55 bits per heavy atom. The Morgan fingerprint density at radius 2 is 2.35 bits per heavy atom. The van der Waals surface area contributed by atoms with Crippen LogP contribution in [0, 0.1) is 6.92 Å². The number of hydrogen-bond donors (Lipinski definition) is 2. The summed E-state index contributed by atoms with van der Waals surface area (Å²) in [5.41, 5.74) is 7.19. The lowest BCUT2D eigenvalue weighted by atomic mass is 9.99. The number of aromatic nitrogens is 3. The van der Waals surface area contributed by atoms with E-state index in [2.05, 4.69) is 27.0 Å². The van der Waals surface area contributed by atoms with Crippen LogP contribution in [0.5, 0.6) is 0 Å². The molecule has 0 amide bonds. The molecule has 3 heterocycles. The lowest BCUT2D eigenvalue weighted by Crippen LogP contribution is -2.50. The summed E-state index contributed by atoms with van der Waals surface area (Å²) in [6.07, 6.45) is 2.14. The van der Waals surface area contributed by atoms with Crippen LogP contribution < -0.4 is 10.6 Å². The molecule has 7 heteroatoms. The number of aryl methyl sites for hydroxylation is 1. The second-order valence-electron chi connectivity index (χ2n) is 5.29. The number of hydrogen-bond acceptors (Lipinski definition) is 5. The van der Waals surface area contributed by atoms with E-state index in [-0.39, 0.29) is 12.1 Å². The highest BCUT2D eigenvalue weighted by atomic mass is 35.5. The minimum absolute atomic E-state index is 0.179. The molecule has 3 N–H and O–H groups in total. The maximum absolute atomic E-state index is 6.28. The Kier molecular flexibility index (Phi) is 3.70. The van der Waals surface area contributed by atoms with Crippen molar-refractivity contribution in [3.63, 3.8) is 0 Å². The highest BCUT2D eigenvalue weighted by molar-refractivity contribution is 7.14. The first-order valence-electron chi connectivity index (χ1n) is 6.76.